The van der Waals surface area contributed by atoms with Crippen LogP contribution >= 0.6 is 34.4 Å². The van der Waals surface area contributed by atoms with E-state index in [0.717, 1.165) is 10.1 Å². The predicted molar refractivity (Wildman–Crippen MR) is 102 cm³/mol. The number of nitrogens with one attached hydrogen (secondary N) is 1. The molecule has 0 fully saturated rings. The van der Waals surface area contributed by atoms with E-state index < -0.39 is 0 Å². The second kappa shape index (κ2) is 8.50. The molecule has 0 atom stereocenters. The fraction of sp³-hybridized carbons (Fsp3) is 0.312. The number of aromatic nitrogens is 2. The number of nitrogens with zero attached hydrogens (tertiary/aromatic N) is 3. The quantitative estimate of drug-likeness (QED) is 0.585. The zero-order chi connectivity index (χ0) is 17.6. The van der Waals surface area contributed by atoms with Crippen LogP contribution in [0.3, 0.4) is 0 Å². The Morgan fingerprint density at radius 2 is 2.28 bits per heavy atom. The van der Waals surface area contributed by atoms with Crippen LogP contribution < -0.4 is 5.32 Å². The molecule has 0 aliphatic carbocycles. The molecule has 0 bridgehead atoms. The van der Waals surface area contributed by atoms with Crippen LogP contribution in [0.4, 0.5) is 5.13 Å². The summed E-state index contributed by atoms with van der Waals surface area (Å²) in [6.07, 6.45) is 1.64. The third-order valence-corrected chi connectivity index (χ3v) is 6.50. The van der Waals surface area contributed by atoms with Gasteiger partial charge >= 0.3 is 0 Å². The van der Waals surface area contributed by atoms with Gasteiger partial charge in [0, 0.05) is 11.9 Å². The SMILES string of the molecule is Cc1ccsc1CN(C)C(=O)CSc1nnc(NCc2ccco2)s1. The number of aryl methyl sites for hydroxylation is 1. The molecule has 3 heterocycles. The van der Waals surface area contributed by atoms with Crippen molar-refractivity contribution in [2.45, 2.75) is 24.4 Å². The molecular weight excluding hydrogens is 376 g/mol. The summed E-state index contributed by atoms with van der Waals surface area (Å²) >= 11 is 4.53. The minimum atomic E-state index is 0.0816. The highest BCUT2D eigenvalue weighted by Gasteiger charge is 2.13. The van der Waals surface area contributed by atoms with Crippen molar-refractivity contribution in [1.29, 1.82) is 0 Å². The second-order valence-corrected chi connectivity index (χ2v) is 8.57. The molecule has 6 nitrogen and oxygen atoms in total. The van der Waals surface area contributed by atoms with Gasteiger partial charge < -0.3 is 14.6 Å². The third-order valence-electron chi connectivity index (χ3n) is 3.49. The molecule has 3 aromatic rings. The van der Waals surface area contributed by atoms with Crippen molar-refractivity contribution >= 4 is 45.5 Å². The van der Waals surface area contributed by atoms with Gasteiger partial charge in [-0.3, -0.25) is 4.79 Å². The maximum Gasteiger partial charge on any atom is 0.233 e. The fourth-order valence-corrected chi connectivity index (χ4v) is 4.67. The van der Waals surface area contributed by atoms with Crippen molar-refractivity contribution in [3.8, 4) is 0 Å². The molecule has 0 saturated carbocycles. The van der Waals surface area contributed by atoms with Crippen LogP contribution in [0.1, 0.15) is 16.2 Å². The molecule has 0 aliphatic rings. The van der Waals surface area contributed by atoms with E-state index in [1.165, 1.54) is 33.5 Å². The molecular formula is C16H18N4O2S3. The highest BCUT2D eigenvalue weighted by Crippen LogP contribution is 2.26. The van der Waals surface area contributed by atoms with E-state index in [1.54, 1.807) is 22.5 Å². The van der Waals surface area contributed by atoms with E-state index in [9.17, 15) is 4.79 Å². The minimum Gasteiger partial charge on any atom is -0.467 e. The second-order valence-electron chi connectivity index (χ2n) is 5.37. The number of anilines is 1. The maximum atomic E-state index is 12.3. The molecule has 0 saturated heterocycles. The number of thioether (sulfide) groups is 1. The number of hydrogen-bond acceptors (Lipinski definition) is 8. The minimum absolute atomic E-state index is 0.0816. The Labute approximate surface area is 158 Å². The van der Waals surface area contributed by atoms with Crippen LogP contribution in [0.2, 0.25) is 0 Å². The van der Waals surface area contributed by atoms with Gasteiger partial charge in [0.2, 0.25) is 11.0 Å². The number of thiophene rings is 1. The van der Waals surface area contributed by atoms with Crippen LogP contribution in [-0.2, 0) is 17.9 Å². The summed E-state index contributed by atoms with van der Waals surface area (Å²) in [5, 5.41) is 14.1. The number of carbonyl (C=O) groups excluding carboxylic acids is 1. The molecule has 0 aromatic carbocycles. The number of furan rings is 1. The summed E-state index contributed by atoms with van der Waals surface area (Å²) in [7, 11) is 1.83. The van der Waals surface area contributed by atoms with Crippen LogP contribution in [0.15, 0.2) is 38.6 Å². The predicted octanol–water partition coefficient (Wildman–Crippen LogP) is 3.86. The normalized spacial score (nSPS) is 10.8. The lowest BCUT2D eigenvalue weighted by Gasteiger charge is -2.16. The van der Waals surface area contributed by atoms with Gasteiger partial charge in [-0.1, -0.05) is 23.1 Å². The summed E-state index contributed by atoms with van der Waals surface area (Å²) in [6.45, 7) is 3.28. The molecule has 0 spiro atoms. The zero-order valence-corrected chi connectivity index (χ0v) is 16.3. The van der Waals surface area contributed by atoms with Crippen LogP contribution in [0, 0.1) is 6.92 Å². The van der Waals surface area contributed by atoms with Gasteiger partial charge in [0.1, 0.15) is 5.76 Å². The first-order chi connectivity index (χ1) is 12.1. The number of hydrogen-bond donors (Lipinski definition) is 1. The topological polar surface area (TPSA) is 71.3 Å². The molecule has 3 rings (SSSR count). The lowest BCUT2D eigenvalue weighted by atomic mass is 10.3. The van der Waals surface area contributed by atoms with Gasteiger partial charge in [0.05, 0.1) is 25.1 Å². The van der Waals surface area contributed by atoms with Gasteiger partial charge in [-0.05, 0) is 36.1 Å². The monoisotopic (exact) mass is 394 g/mol. The van der Waals surface area contributed by atoms with Gasteiger partial charge in [0.25, 0.3) is 0 Å². The van der Waals surface area contributed by atoms with E-state index in [0.29, 0.717) is 24.0 Å². The molecule has 9 heteroatoms. The van der Waals surface area contributed by atoms with Crippen molar-refractivity contribution < 1.29 is 9.21 Å². The Kier molecular flexibility index (Phi) is 6.11. The van der Waals surface area contributed by atoms with Crippen molar-refractivity contribution in [3.05, 3.63) is 46.0 Å². The number of amides is 1. The van der Waals surface area contributed by atoms with Gasteiger partial charge in [0.15, 0.2) is 4.34 Å². The van der Waals surface area contributed by atoms with Gasteiger partial charge in [-0.25, -0.2) is 0 Å². The van der Waals surface area contributed by atoms with Crippen LogP contribution in [0.25, 0.3) is 0 Å². The summed E-state index contributed by atoms with van der Waals surface area (Å²) < 4.78 is 6.03. The van der Waals surface area contributed by atoms with Crippen LogP contribution in [0.5, 0.6) is 0 Å². The molecule has 1 N–H and O–H groups in total. The number of carbonyl (C=O) groups is 1. The van der Waals surface area contributed by atoms with Crippen LogP contribution in [-0.4, -0.2) is 33.8 Å². The van der Waals surface area contributed by atoms with E-state index in [1.807, 2.05) is 19.2 Å². The largest absolute Gasteiger partial charge is 0.467 e. The van der Waals surface area contributed by atoms with Crippen molar-refractivity contribution in [2.24, 2.45) is 0 Å². The summed E-state index contributed by atoms with van der Waals surface area (Å²) in [5.74, 6) is 1.27. The third kappa shape index (κ3) is 5.07. The van der Waals surface area contributed by atoms with E-state index in [4.69, 9.17) is 4.42 Å². The van der Waals surface area contributed by atoms with Crippen molar-refractivity contribution in [2.75, 3.05) is 18.1 Å². The molecule has 132 valence electrons. The first-order valence-electron chi connectivity index (χ1n) is 7.61. The molecule has 0 radical (unpaired) electrons. The highest BCUT2D eigenvalue weighted by molar-refractivity contribution is 8.01. The van der Waals surface area contributed by atoms with Gasteiger partial charge in [-0.2, -0.15) is 0 Å². The summed E-state index contributed by atoms with van der Waals surface area (Å²) in [6, 6.07) is 5.82. The highest BCUT2D eigenvalue weighted by atomic mass is 32.2. The summed E-state index contributed by atoms with van der Waals surface area (Å²) in [4.78, 5) is 15.3. The number of rotatable bonds is 8. The average molecular weight is 395 g/mol. The Morgan fingerprint density at radius 3 is 3.00 bits per heavy atom. The Balaban J connectivity index is 1.45. The molecule has 25 heavy (non-hydrogen) atoms. The Morgan fingerprint density at radius 1 is 1.40 bits per heavy atom. The first kappa shape index (κ1) is 18.0. The maximum absolute atomic E-state index is 12.3. The Bertz CT molecular complexity index is 813. The molecule has 3 aromatic heterocycles. The molecule has 0 unspecified atom stereocenters. The smallest absolute Gasteiger partial charge is 0.233 e. The molecule has 0 aliphatic heterocycles. The average Bonchev–Trinajstić information content (AvgIpc) is 3.34. The van der Waals surface area contributed by atoms with E-state index >= 15 is 0 Å². The lowest BCUT2D eigenvalue weighted by molar-refractivity contribution is -0.127. The molecule has 1 amide bonds. The first-order valence-corrected chi connectivity index (χ1v) is 10.3. The summed E-state index contributed by atoms with van der Waals surface area (Å²) in [5.41, 5.74) is 1.23. The Hall–Kier alpha value is -1.84. The van der Waals surface area contributed by atoms with Crippen molar-refractivity contribution in [3.63, 3.8) is 0 Å². The van der Waals surface area contributed by atoms with Gasteiger partial charge in [-0.15, -0.1) is 21.5 Å². The fourth-order valence-electron chi connectivity index (χ4n) is 2.02. The van der Waals surface area contributed by atoms with Crippen molar-refractivity contribution in [1.82, 2.24) is 15.1 Å². The van der Waals surface area contributed by atoms with E-state index in [2.05, 4.69) is 33.9 Å². The lowest BCUT2D eigenvalue weighted by Crippen LogP contribution is -2.27. The van der Waals surface area contributed by atoms with E-state index in [-0.39, 0.29) is 5.91 Å². The zero-order valence-electron chi connectivity index (χ0n) is 13.9. The standard InChI is InChI=1S/C16H18N4O2S3/c1-11-5-7-23-13(11)9-20(2)14(21)10-24-16-19-18-15(25-16)17-8-12-4-3-6-22-12/h3-7H,8-10H2,1-2H3,(H,17,18).